The van der Waals surface area contributed by atoms with E-state index in [1.54, 1.807) is 0 Å². The fraction of sp³-hybridized carbons (Fsp3) is 0.250. The topological polar surface area (TPSA) is 12.0 Å². The molecule has 1 nitrogen and oxygen atoms in total. The van der Waals surface area contributed by atoms with Gasteiger partial charge in [0.1, 0.15) is 11.6 Å². The van der Waals surface area contributed by atoms with Gasteiger partial charge < -0.3 is 5.32 Å². The Balaban J connectivity index is 2.32. The van der Waals surface area contributed by atoms with E-state index in [1.807, 2.05) is 24.3 Å². The van der Waals surface area contributed by atoms with E-state index < -0.39 is 11.6 Å². The van der Waals surface area contributed by atoms with Gasteiger partial charge in [0.15, 0.2) is 0 Å². The molecule has 2 aromatic carbocycles. The van der Waals surface area contributed by atoms with Crippen LogP contribution in [0.15, 0.2) is 42.5 Å². The van der Waals surface area contributed by atoms with Crippen molar-refractivity contribution in [1.29, 1.82) is 0 Å². The average Bonchev–Trinajstić information content (AvgIpc) is 2.38. The Hall–Kier alpha value is -1.74. The highest BCUT2D eigenvalue weighted by Gasteiger charge is 2.07. The molecule has 0 atom stereocenters. The van der Waals surface area contributed by atoms with Crippen LogP contribution in [0.2, 0.25) is 0 Å². The van der Waals surface area contributed by atoms with E-state index in [0.717, 1.165) is 30.2 Å². The zero-order valence-electron chi connectivity index (χ0n) is 10.9. The van der Waals surface area contributed by atoms with Crippen molar-refractivity contribution in [1.82, 2.24) is 5.32 Å². The average molecular weight is 261 g/mol. The Bertz CT molecular complexity index is 532. The summed E-state index contributed by atoms with van der Waals surface area (Å²) in [5.74, 6) is -1.10. The lowest BCUT2D eigenvalue weighted by Crippen LogP contribution is -2.14. The molecule has 2 rings (SSSR count). The molecule has 19 heavy (non-hydrogen) atoms. The smallest absolute Gasteiger partial charge is 0.126 e. The Labute approximate surface area is 112 Å². The molecule has 0 spiro atoms. The van der Waals surface area contributed by atoms with Crippen LogP contribution in [0.3, 0.4) is 0 Å². The Morgan fingerprint density at radius 3 is 2.37 bits per heavy atom. The normalized spacial score (nSPS) is 10.7. The molecule has 0 aliphatic heterocycles. The van der Waals surface area contributed by atoms with Crippen LogP contribution in [0, 0.1) is 11.6 Å². The summed E-state index contributed by atoms with van der Waals surface area (Å²) in [4.78, 5) is 0. The van der Waals surface area contributed by atoms with Gasteiger partial charge in [0.2, 0.25) is 0 Å². The van der Waals surface area contributed by atoms with Gasteiger partial charge in [-0.05, 0) is 41.8 Å². The van der Waals surface area contributed by atoms with Crippen molar-refractivity contribution in [3.05, 3.63) is 59.7 Å². The maximum absolute atomic E-state index is 13.3. The molecular formula is C16H17F2N. The Kier molecular flexibility index (Phi) is 4.63. The third kappa shape index (κ3) is 3.61. The van der Waals surface area contributed by atoms with Gasteiger partial charge in [0.05, 0.1) is 0 Å². The second-order valence-corrected chi connectivity index (χ2v) is 4.49. The summed E-state index contributed by atoms with van der Waals surface area (Å²) in [6, 6.07) is 11.3. The molecule has 0 aliphatic carbocycles. The van der Waals surface area contributed by atoms with E-state index in [1.165, 1.54) is 12.1 Å². The molecule has 0 saturated heterocycles. The van der Waals surface area contributed by atoms with Crippen LogP contribution in [-0.2, 0) is 6.54 Å². The summed E-state index contributed by atoms with van der Waals surface area (Å²) in [5.41, 5.74) is 2.48. The van der Waals surface area contributed by atoms with Crippen LogP contribution in [0.25, 0.3) is 11.1 Å². The fourth-order valence-corrected chi connectivity index (χ4v) is 2.07. The van der Waals surface area contributed by atoms with Crippen molar-refractivity contribution in [3.8, 4) is 11.1 Å². The van der Waals surface area contributed by atoms with Gasteiger partial charge in [-0.3, -0.25) is 0 Å². The highest BCUT2D eigenvalue weighted by molar-refractivity contribution is 5.67. The summed E-state index contributed by atoms with van der Waals surface area (Å²) >= 11 is 0. The minimum atomic E-state index is -0.550. The molecule has 0 amide bonds. The highest BCUT2D eigenvalue weighted by atomic mass is 19.1. The van der Waals surface area contributed by atoms with Gasteiger partial charge in [-0.25, -0.2) is 8.78 Å². The van der Waals surface area contributed by atoms with E-state index >= 15 is 0 Å². The number of benzene rings is 2. The third-order valence-electron chi connectivity index (χ3n) is 2.93. The third-order valence-corrected chi connectivity index (χ3v) is 2.93. The molecule has 3 heteroatoms. The van der Waals surface area contributed by atoms with Gasteiger partial charge in [-0.15, -0.1) is 0 Å². The lowest BCUT2D eigenvalue weighted by molar-refractivity contribution is 0.584. The van der Waals surface area contributed by atoms with Crippen molar-refractivity contribution in [2.45, 2.75) is 19.9 Å². The molecule has 0 aliphatic rings. The van der Waals surface area contributed by atoms with Crippen molar-refractivity contribution < 1.29 is 8.78 Å². The quantitative estimate of drug-likeness (QED) is 0.798. The number of hydrogen-bond donors (Lipinski definition) is 1. The maximum Gasteiger partial charge on any atom is 0.126 e. The minimum Gasteiger partial charge on any atom is -0.313 e. The lowest BCUT2D eigenvalue weighted by Gasteiger charge is -2.11. The van der Waals surface area contributed by atoms with Gasteiger partial charge in [0, 0.05) is 12.6 Å². The molecule has 0 radical (unpaired) electrons. The van der Waals surface area contributed by atoms with Crippen LogP contribution >= 0.6 is 0 Å². The van der Waals surface area contributed by atoms with Crippen LogP contribution in [0.4, 0.5) is 8.78 Å². The van der Waals surface area contributed by atoms with Gasteiger partial charge in [0.25, 0.3) is 0 Å². The van der Waals surface area contributed by atoms with E-state index in [0.29, 0.717) is 12.1 Å². The van der Waals surface area contributed by atoms with Crippen LogP contribution in [-0.4, -0.2) is 6.54 Å². The fourth-order valence-electron chi connectivity index (χ4n) is 2.07. The first kappa shape index (κ1) is 13.7. The molecule has 0 bridgehead atoms. The lowest BCUT2D eigenvalue weighted by atomic mass is 9.99. The van der Waals surface area contributed by atoms with E-state index in [-0.39, 0.29) is 0 Å². The van der Waals surface area contributed by atoms with Crippen molar-refractivity contribution in [2.24, 2.45) is 0 Å². The molecule has 0 unspecified atom stereocenters. The van der Waals surface area contributed by atoms with Crippen LogP contribution in [0.1, 0.15) is 18.9 Å². The number of hydrogen-bond acceptors (Lipinski definition) is 1. The van der Waals surface area contributed by atoms with Crippen LogP contribution in [0.5, 0.6) is 0 Å². The van der Waals surface area contributed by atoms with Gasteiger partial charge >= 0.3 is 0 Å². The number of rotatable bonds is 5. The first-order valence-electron chi connectivity index (χ1n) is 6.46. The maximum atomic E-state index is 13.3. The van der Waals surface area contributed by atoms with Crippen molar-refractivity contribution in [3.63, 3.8) is 0 Å². The van der Waals surface area contributed by atoms with Crippen molar-refractivity contribution >= 4 is 0 Å². The standard InChI is InChI=1S/C16H17F2N/c1-2-7-19-11-12-5-3-4-6-16(12)13-8-14(17)10-15(18)9-13/h3-6,8-10,19H,2,7,11H2,1H3. The molecule has 1 N–H and O–H groups in total. The Morgan fingerprint density at radius 1 is 1.00 bits per heavy atom. The second kappa shape index (κ2) is 6.43. The second-order valence-electron chi connectivity index (χ2n) is 4.49. The molecule has 100 valence electrons. The van der Waals surface area contributed by atoms with Gasteiger partial charge in [-0.2, -0.15) is 0 Å². The summed E-state index contributed by atoms with van der Waals surface area (Å²) in [6.45, 7) is 3.72. The molecular weight excluding hydrogens is 244 g/mol. The summed E-state index contributed by atoms with van der Waals surface area (Å²) in [7, 11) is 0. The predicted octanol–water partition coefficient (Wildman–Crippen LogP) is 4.13. The Morgan fingerprint density at radius 2 is 1.68 bits per heavy atom. The monoisotopic (exact) mass is 261 g/mol. The minimum absolute atomic E-state index is 0.550. The number of nitrogens with one attached hydrogen (secondary N) is 1. The van der Waals surface area contributed by atoms with E-state index in [4.69, 9.17) is 0 Å². The summed E-state index contributed by atoms with van der Waals surface area (Å²) in [6.07, 6.45) is 1.05. The molecule has 2 aromatic rings. The summed E-state index contributed by atoms with van der Waals surface area (Å²) < 4.78 is 26.6. The van der Waals surface area contributed by atoms with Crippen LogP contribution < -0.4 is 5.32 Å². The largest absolute Gasteiger partial charge is 0.313 e. The first-order chi connectivity index (χ1) is 9.20. The van der Waals surface area contributed by atoms with Crippen molar-refractivity contribution in [2.75, 3.05) is 6.54 Å². The predicted molar refractivity (Wildman–Crippen MR) is 73.8 cm³/mol. The van der Waals surface area contributed by atoms with E-state index in [9.17, 15) is 8.78 Å². The SMILES string of the molecule is CCCNCc1ccccc1-c1cc(F)cc(F)c1. The molecule has 0 heterocycles. The zero-order chi connectivity index (χ0) is 13.7. The molecule has 0 aromatic heterocycles. The molecule has 0 fully saturated rings. The number of halogens is 2. The van der Waals surface area contributed by atoms with E-state index in [2.05, 4.69) is 12.2 Å². The summed E-state index contributed by atoms with van der Waals surface area (Å²) in [5, 5.41) is 3.30. The highest BCUT2D eigenvalue weighted by Crippen LogP contribution is 2.25. The molecule has 0 saturated carbocycles. The zero-order valence-corrected chi connectivity index (χ0v) is 10.9. The first-order valence-corrected chi connectivity index (χ1v) is 6.46. The van der Waals surface area contributed by atoms with Gasteiger partial charge in [-0.1, -0.05) is 31.2 Å².